The van der Waals surface area contributed by atoms with Crippen molar-refractivity contribution in [1.29, 1.82) is 0 Å². The number of rotatable bonds is 4. The van der Waals surface area contributed by atoms with Crippen LogP contribution in [0.3, 0.4) is 0 Å². The second-order valence-corrected chi connectivity index (χ2v) is 5.51. The zero-order valence-electron chi connectivity index (χ0n) is 9.95. The van der Waals surface area contributed by atoms with Crippen LogP contribution in [0.1, 0.15) is 0 Å². The number of hydrogen-bond acceptors (Lipinski definition) is 5. The molecule has 7 nitrogen and oxygen atoms in total. The Kier molecular flexibility index (Phi) is 3.19. The maximum Gasteiger partial charge on any atom is 0.265 e. The van der Waals surface area contributed by atoms with Crippen LogP contribution in [0.4, 0.5) is 11.4 Å². The number of nitrogens with zero attached hydrogens (tertiary/aromatic N) is 3. The van der Waals surface area contributed by atoms with Crippen LogP contribution in [-0.4, -0.2) is 37.7 Å². The van der Waals surface area contributed by atoms with Crippen LogP contribution >= 0.6 is 0 Å². The van der Waals surface area contributed by atoms with Gasteiger partial charge in [-0.1, -0.05) is 0 Å². The molecule has 0 fully saturated rings. The van der Waals surface area contributed by atoms with Gasteiger partial charge < -0.3 is 4.90 Å². The van der Waals surface area contributed by atoms with Gasteiger partial charge >= 0.3 is 0 Å². The van der Waals surface area contributed by atoms with Gasteiger partial charge in [0.25, 0.3) is 10.0 Å². The topological polar surface area (TPSA) is 91.0 Å². The smallest absolute Gasteiger partial charge is 0.265 e. The zero-order valence-corrected chi connectivity index (χ0v) is 10.8. The number of nitrogens with one attached hydrogen (secondary N) is 2. The number of sulfonamides is 1. The van der Waals surface area contributed by atoms with Crippen molar-refractivity contribution in [2.24, 2.45) is 0 Å². The Bertz CT molecular complexity index is 621. The summed E-state index contributed by atoms with van der Waals surface area (Å²) < 4.78 is 26.5. The summed E-state index contributed by atoms with van der Waals surface area (Å²) in [5, 5.41) is 6.08. The molecule has 96 valence electrons. The van der Waals surface area contributed by atoms with E-state index >= 15 is 0 Å². The maximum atomic E-state index is 12.0. The Morgan fingerprint density at radius 1 is 1.33 bits per heavy atom. The normalized spacial score (nSPS) is 11.2. The van der Waals surface area contributed by atoms with Gasteiger partial charge in [0, 0.05) is 26.5 Å². The van der Waals surface area contributed by atoms with E-state index in [0.717, 1.165) is 5.69 Å². The molecule has 0 aromatic carbocycles. The van der Waals surface area contributed by atoms with E-state index in [4.69, 9.17) is 0 Å². The molecule has 0 bridgehead atoms. The standard InChI is InChI=1S/C10H13N5O2S/c1-15(2)10-3-4-11-7-9(10)14-18(16,17)8-5-12-13-6-8/h3-7,14H,1-2H3,(H,12,13). The molecule has 8 heteroatoms. The summed E-state index contributed by atoms with van der Waals surface area (Å²) in [7, 11) is 0.0123. The Hall–Kier alpha value is -2.09. The van der Waals surface area contributed by atoms with Crippen LogP contribution in [-0.2, 0) is 10.0 Å². The summed E-state index contributed by atoms with van der Waals surface area (Å²) in [6.07, 6.45) is 5.63. The third kappa shape index (κ3) is 2.43. The molecular formula is C10H13N5O2S. The van der Waals surface area contributed by atoms with E-state index in [1.54, 1.807) is 17.2 Å². The Labute approximate surface area is 105 Å². The van der Waals surface area contributed by atoms with Gasteiger partial charge in [0.2, 0.25) is 0 Å². The van der Waals surface area contributed by atoms with Crippen molar-refractivity contribution in [2.75, 3.05) is 23.7 Å². The third-order valence-corrected chi connectivity index (χ3v) is 3.64. The van der Waals surface area contributed by atoms with Crippen LogP contribution in [0.5, 0.6) is 0 Å². The first-order valence-corrected chi connectivity index (χ1v) is 6.62. The van der Waals surface area contributed by atoms with Crippen molar-refractivity contribution in [3.63, 3.8) is 0 Å². The first-order chi connectivity index (χ1) is 8.50. The maximum absolute atomic E-state index is 12.0. The first kappa shape index (κ1) is 12.4. The lowest BCUT2D eigenvalue weighted by Gasteiger charge is -2.17. The van der Waals surface area contributed by atoms with E-state index in [9.17, 15) is 8.42 Å². The first-order valence-electron chi connectivity index (χ1n) is 5.13. The lowest BCUT2D eigenvalue weighted by molar-refractivity contribution is 0.601. The average Bonchev–Trinajstić information content (AvgIpc) is 2.83. The van der Waals surface area contributed by atoms with E-state index in [1.807, 2.05) is 14.1 Å². The van der Waals surface area contributed by atoms with Crippen LogP contribution in [0.25, 0.3) is 0 Å². The quantitative estimate of drug-likeness (QED) is 0.849. The minimum atomic E-state index is -3.64. The van der Waals surface area contributed by atoms with Gasteiger partial charge in [-0.05, 0) is 6.07 Å². The predicted octanol–water partition coefficient (Wildman–Crippen LogP) is 0.671. The summed E-state index contributed by atoms with van der Waals surface area (Å²) >= 11 is 0. The van der Waals surface area contributed by atoms with Crippen LogP contribution < -0.4 is 9.62 Å². The van der Waals surface area contributed by atoms with Gasteiger partial charge in [-0.3, -0.25) is 14.8 Å². The number of aromatic amines is 1. The molecule has 0 atom stereocenters. The SMILES string of the molecule is CN(C)c1ccncc1NS(=O)(=O)c1cn[nH]c1. The second kappa shape index (κ2) is 4.65. The summed E-state index contributed by atoms with van der Waals surface area (Å²) in [5.41, 5.74) is 1.15. The summed E-state index contributed by atoms with van der Waals surface area (Å²) in [6.45, 7) is 0. The molecule has 0 aliphatic rings. The lowest BCUT2D eigenvalue weighted by atomic mass is 10.3. The number of anilines is 2. The monoisotopic (exact) mass is 267 g/mol. The summed E-state index contributed by atoms with van der Waals surface area (Å²) in [5.74, 6) is 0. The molecule has 0 aliphatic carbocycles. The second-order valence-electron chi connectivity index (χ2n) is 3.83. The highest BCUT2D eigenvalue weighted by molar-refractivity contribution is 7.92. The number of H-pyrrole nitrogens is 1. The van der Waals surface area contributed by atoms with Gasteiger partial charge in [-0.2, -0.15) is 5.10 Å². The molecule has 0 aliphatic heterocycles. The lowest BCUT2D eigenvalue weighted by Crippen LogP contribution is -2.17. The van der Waals surface area contributed by atoms with Crippen LogP contribution in [0.2, 0.25) is 0 Å². The van der Waals surface area contributed by atoms with Gasteiger partial charge in [0.1, 0.15) is 4.90 Å². The number of hydrogen-bond donors (Lipinski definition) is 2. The largest absolute Gasteiger partial charge is 0.376 e. The Morgan fingerprint density at radius 2 is 2.11 bits per heavy atom. The fraction of sp³-hybridized carbons (Fsp3) is 0.200. The molecule has 2 N–H and O–H groups in total. The molecule has 2 heterocycles. The molecule has 0 spiro atoms. The zero-order chi connectivity index (χ0) is 13.2. The molecule has 0 saturated heterocycles. The van der Waals surface area contributed by atoms with Gasteiger partial charge in [-0.15, -0.1) is 0 Å². The number of pyridine rings is 1. The van der Waals surface area contributed by atoms with E-state index in [0.29, 0.717) is 5.69 Å². The van der Waals surface area contributed by atoms with Crippen molar-refractivity contribution in [3.8, 4) is 0 Å². The van der Waals surface area contributed by atoms with Crippen LogP contribution in [0.15, 0.2) is 35.7 Å². The molecule has 2 rings (SSSR count). The Morgan fingerprint density at radius 3 is 2.72 bits per heavy atom. The van der Waals surface area contributed by atoms with Gasteiger partial charge in [0.05, 0.1) is 23.8 Å². The number of aromatic nitrogens is 3. The minimum absolute atomic E-state index is 0.0797. The highest BCUT2D eigenvalue weighted by Gasteiger charge is 2.17. The molecule has 2 aromatic rings. The highest BCUT2D eigenvalue weighted by atomic mass is 32.2. The summed E-state index contributed by atoms with van der Waals surface area (Å²) in [4.78, 5) is 5.80. The van der Waals surface area contributed by atoms with Gasteiger partial charge in [0.15, 0.2) is 0 Å². The van der Waals surface area contributed by atoms with E-state index in [1.165, 1.54) is 18.6 Å². The predicted molar refractivity (Wildman–Crippen MR) is 68.0 cm³/mol. The molecule has 2 aromatic heterocycles. The minimum Gasteiger partial charge on any atom is -0.376 e. The van der Waals surface area contributed by atoms with Crippen molar-refractivity contribution in [3.05, 3.63) is 30.9 Å². The average molecular weight is 267 g/mol. The van der Waals surface area contributed by atoms with Crippen molar-refractivity contribution >= 4 is 21.4 Å². The van der Waals surface area contributed by atoms with E-state index in [2.05, 4.69) is 19.9 Å². The van der Waals surface area contributed by atoms with E-state index < -0.39 is 10.0 Å². The molecule has 0 radical (unpaired) electrons. The Balaban J connectivity index is 2.36. The molecule has 0 unspecified atom stereocenters. The van der Waals surface area contributed by atoms with Crippen molar-refractivity contribution in [2.45, 2.75) is 4.90 Å². The molecular weight excluding hydrogens is 254 g/mol. The van der Waals surface area contributed by atoms with Crippen molar-refractivity contribution in [1.82, 2.24) is 15.2 Å². The third-order valence-electron chi connectivity index (χ3n) is 2.31. The van der Waals surface area contributed by atoms with E-state index in [-0.39, 0.29) is 4.90 Å². The van der Waals surface area contributed by atoms with Crippen LogP contribution in [0, 0.1) is 0 Å². The molecule has 0 amide bonds. The highest BCUT2D eigenvalue weighted by Crippen LogP contribution is 2.24. The molecule has 0 saturated carbocycles. The fourth-order valence-corrected chi connectivity index (χ4v) is 2.41. The molecule has 18 heavy (non-hydrogen) atoms. The fourth-order valence-electron chi connectivity index (χ4n) is 1.45. The van der Waals surface area contributed by atoms with Gasteiger partial charge in [-0.25, -0.2) is 8.42 Å². The van der Waals surface area contributed by atoms with Crippen molar-refractivity contribution < 1.29 is 8.42 Å². The summed E-state index contributed by atoms with van der Waals surface area (Å²) in [6, 6.07) is 1.73.